The lowest BCUT2D eigenvalue weighted by Gasteiger charge is -2.23. The molecule has 2 amide bonds. The molecule has 2 heterocycles. The summed E-state index contributed by atoms with van der Waals surface area (Å²) in [6.07, 6.45) is 2.57. The van der Waals surface area contributed by atoms with Crippen LogP contribution in [-0.2, 0) is 33.7 Å². The summed E-state index contributed by atoms with van der Waals surface area (Å²) in [5, 5.41) is 10.8. The maximum Gasteiger partial charge on any atom is 0.416 e. The molecule has 8 heteroatoms. The number of cyclic esters (lactones) is 2. The van der Waals surface area contributed by atoms with Gasteiger partial charge >= 0.3 is 12.1 Å². The smallest absolute Gasteiger partial charge is 0.416 e. The predicted molar refractivity (Wildman–Crippen MR) is 132 cm³/mol. The minimum atomic E-state index is -0.607. The number of nitrogens with zero attached hydrogens (tertiary/aromatic N) is 1. The number of rotatable bonds is 8. The van der Waals surface area contributed by atoms with Crippen molar-refractivity contribution in [1.82, 2.24) is 4.90 Å². The zero-order chi connectivity index (χ0) is 26.0. The van der Waals surface area contributed by atoms with E-state index >= 15 is 0 Å². The van der Waals surface area contributed by atoms with Gasteiger partial charge in [-0.25, -0.2) is 14.5 Å². The van der Waals surface area contributed by atoms with Crippen molar-refractivity contribution in [2.75, 3.05) is 13.7 Å². The van der Waals surface area contributed by atoms with Crippen LogP contribution in [0, 0.1) is 12.8 Å². The molecule has 2 atom stereocenters. The van der Waals surface area contributed by atoms with Gasteiger partial charge in [0.2, 0.25) is 5.91 Å². The molecule has 0 aromatic heterocycles. The zero-order valence-corrected chi connectivity index (χ0v) is 21.0. The lowest BCUT2D eigenvalue weighted by molar-refractivity contribution is -0.132. The molecule has 2 aromatic rings. The third-order valence-electron chi connectivity index (χ3n) is 6.86. The molecular weight excluding hydrogens is 462 g/mol. The quantitative estimate of drug-likeness (QED) is 0.427. The van der Waals surface area contributed by atoms with E-state index in [9.17, 15) is 19.5 Å². The average molecular weight is 494 g/mol. The van der Waals surface area contributed by atoms with Gasteiger partial charge in [0.1, 0.15) is 30.3 Å². The van der Waals surface area contributed by atoms with Gasteiger partial charge in [0.15, 0.2) is 0 Å². The molecule has 8 nitrogen and oxygen atoms in total. The maximum atomic E-state index is 13.2. The maximum absolute atomic E-state index is 13.2. The van der Waals surface area contributed by atoms with E-state index in [-0.39, 0.29) is 36.5 Å². The average Bonchev–Trinajstić information content (AvgIpc) is 3.43. The van der Waals surface area contributed by atoms with E-state index < -0.39 is 18.0 Å². The number of hydrogen-bond acceptors (Lipinski definition) is 7. The number of aromatic hydroxyl groups is 1. The highest BCUT2D eigenvalue weighted by atomic mass is 16.6. The molecule has 2 aliphatic heterocycles. The number of hydrogen-bond donors (Lipinski definition) is 1. The third kappa shape index (κ3) is 4.80. The van der Waals surface area contributed by atoms with Crippen LogP contribution in [0.3, 0.4) is 0 Å². The van der Waals surface area contributed by atoms with Crippen LogP contribution in [0.2, 0.25) is 0 Å². The Morgan fingerprint density at radius 2 is 1.97 bits per heavy atom. The highest BCUT2D eigenvalue weighted by Gasteiger charge is 2.39. The first-order chi connectivity index (χ1) is 17.2. The summed E-state index contributed by atoms with van der Waals surface area (Å²) in [5.74, 6) is -0.884. The molecule has 2 aliphatic rings. The van der Waals surface area contributed by atoms with Crippen molar-refractivity contribution in [2.24, 2.45) is 5.92 Å². The fourth-order valence-electron chi connectivity index (χ4n) is 4.96. The Balaban J connectivity index is 1.47. The number of amides is 2. The van der Waals surface area contributed by atoms with Crippen molar-refractivity contribution in [2.45, 2.75) is 52.7 Å². The number of carbonyl (C=O) groups is 3. The first-order valence-electron chi connectivity index (χ1n) is 12.0. The second-order valence-electron chi connectivity index (χ2n) is 9.40. The highest BCUT2D eigenvalue weighted by Crippen LogP contribution is 2.42. The number of carbonyl (C=O) groups excluding carboxylic acids is 3. The molecule has 190 valence electrons. The highest BCUT2D eigenvalue weighted by molar-refractivity contribution is 5.98. The number of imide groups is 1. The molecule has 1 N–H and O–H groups in total. The Morgan fingerprint density at radius 1 is 1.25 bits per heavy atom. The van der Waals surface area contributed by atoms with Gasteiger partial charge in [-0.1, -0.05) is 48.9 Å². The van der Waals surface area contributed by atoms with E-state index in [0.717, 1.165) is 16.7 Å². The van der Waals surface area contributed by atoms with Gasteiger partial charge in [-0.3, -0.25) is 4.79 Å². The summed E-state index contributed by atoms with van der Waals surface area (Å²) in [7, 11) is 1.52. The van der Waals surface area contributed by atoms with E-state index in [1.807, 2.05) is 50.3 Å². The van der Waals surface area contributed by atoms with E-state index in [2.05, 4.69) is 0 Å². The summed E-state index contributed by atoms with van der Waals surface area (Å²) >= 11 is 0. The lowest BCUT2D eigenvalue weighted by atomic mass is 9.93. The summed E-state index contributed by atoms with van der Waals surface area (Å²) in [6.45, 7) is 5.81. The van der Waals surface area contributed by atoms with Gasteiger partial charge in [-0.2, -0.15) is 0 Å². The van der Waals surface area contributed by atoms with Crippen LogP contribution >= 0.6 is 0 Å². The van der Waals surface area contributed by atoms with Crippen molar-refractivity contribution in [3.63, 3.8) is 0 Å². The molecule has 36 heavy (non-hydrogen) atoms. The Bertz CT molecular complexity index is 1220. The summed E-state index contributed by atoms with van der Waals surface area (Å²) < 4.78 is 15.8. The number of methoxy groups -OCH3 is 1. The van der Waals surface area contributed by atoms with Gasteiger partial charge in [0, 0.05) is 17.0 Å². The number of esters is 1. The Kier molecular flexibility index (Phi) is 7.33. The van der Waals surface area contributed by atoms with Crippen molar-refractivity contribution >= 4 is 18.0 Å². The Labute approximate surface area is 210 Å². The number of benzene rings is 2. The van der Waals surface area contributed by atoms with Crippen LogP contribution in [-0.4, -0.2) is 47.7 Å². The monoisotopic (exact) mass is 493 g/mol. The molecular formula is C28H31NO7. The van der Waals surface area contributed by atoms with Crippen molar-refractivity contribution in [3.05, 3.63) is 69.8 Å². The number of fused-ring (bicyclic) bond motifs is 1. The van der Waals surface area contributed by atoms with Crippen LogP contribution in [0.15, 0.2) is 42.0 Å². The number of allylic oxidation sites excluding steroid dienone is 2. The minimum Gasteiger partial charge on any atom is -0.507 e. The van der Waals surface area contributed by atoms with Gasteiger partial charge < -0.3 is 19.3 Å². The molecule has 4 rings (SSSR count). The van der Waals surface area contributed by atoms with Crippen LogP contribution in [0.5, 0.6) is 11.5 Å². The van der Waals surface area contributed by atoms with Crippen LogP contribution < -0.4 is 4.74 Å². The summed E-state index contributed by atoms with van der Waals surface area (Å²) in [6, 6.07) is 9.36. The zero-order valence-electron chi connectivity index (χ0n) is 21.0. The topological polar surface area (TPSA) is 102 Å². The van der Waals surface area contributed by atoms with Crippen LogP contribution in [0.4, 0.5) is 4.79 Å². The lowest BCUT2D eigenvalue weighted by Crippen LogP contribution is -2.43. The number of phenolic OH excluding ortho intramolecular Hbond substituents is 1. The molecule has 1 saturated heterocycles. The number of phenols is 1. The Morgan fingerprint density at radius 3 is 2.67 bits per heavy atom. The summed E-state index contributed by atoms with van der Waals surface area (Å²) in [4.78, 5) is 39.0. The fraction of sp³-hybridized carbons (Fsp3) is 0.393. The Hall–Kier alpha value is -3.81. The standard InChI is InChI=1S/C28H31NO7/c1-16(10-11-21-24(30)23-22(15-35-27(23)32)18(3)25(21)34-4)12-17(2)26(31)29-20(14-36-28(29)33)13-19-8-6-5-7-9-19/h5-10,17,20,30H,11-15H2,1-4H3/t17?,20-/m0/s1. The number of ether oxygens (including phenoxy) is 3. The van der Waals surface area contributed by atoms with Gasteiger partial charge in [-0.05, 0) is 44.2 Å². The largest absolute Gasteiger partial charge is 0.507 e. The van der Waals surface area contributed by atoms with E-state index in [0.29, 0.717) is 36.1 Å². The van der Waals surface area contributed by atoms with E-state index in [4.69, 9.17) is 14.2 Å². The molecule has 1 unspecified atom stereocenters. The minimum absolute atomic E-state index is 0.114. The van der Waals surface area contributed by atoms with Gasteiger partial charge in [0.25, 0.3) is 0 Å². The molecule has 0 bridgehead atoms. The molecule has 0 saturated carbocycles. The van der Waals surface area contributed by atoms with Crippen molar-refractivity contribution in [3.8, 4) is 11.5 Å². The second kappa shape index (κ2) is 10.4. The molecule has 0 aliphatic carbocycles. The predicted octanol–water partition coefficient (Wildman–Crippen LogP) is 4.48. The second-order valence-corrected chi connectivity index (χ2v) is 9.40. The van der Waals surface area contributed by atoms with E-state index in [1.165, 1.54) is 12.0 Å². The van der Waals surface area contributed by atoms with Gasteiger partial charge in [0.05, 0.1) is 13.2 Å². The first kappa shape index (κ1) is 25.3. The molecule has 2 aromatic carbocycles. The van der Waals surface area contributed by atoms with Crippen molar-refractivity contribution in [1.29, 1.82) is 0 Å². The molecule has 1 fully saturated rings. The normalized spacial score (nSPS) is 18.1. The molecule has 0 spiro atoms. The first-order valence-corrected chi connectivity index (χ1v) is 12.0. The summed E-state index contributed by atoms with van der Waals surface area (Å²) in [5.41, 5.74) is 4.03. The SMILES string of the molecule is COc1c(C)c2c(c(O)c1CC=C(C)CC(C)C(=O)N1C(=O)OC[C@@H]1Cc1ccccc1)C(=O)OC2. The van der Waals surface area contributed by atoms with Crippen LogP contribution in [0.1, 0.15) is 52.9 Å². The van der Waals surface area contributed by atoms with Crippen LogP contribution in [0.25, 0.3) is 0 Å². The van der Waals surface area contributed by atoms with Crippen molar-refractivity contribution < 1.29 is 33.7 Å². The third-order valence-corrected chi connectivity index (χ3v) is 6.86. The van der Waals surface area contributed by atoms with E-state index in [1.54, 1.807) is 6.92 Å². The van der Waals surface area contributed by atoms with Gasteiger partial charge in [-0.15, -0.1) is 0 Å². The molecule has 0 radical (unpaired) electrons. The fourth-order valence-corrected chi connectivity index (χ4v) is 4.96.